The second-order valence-corrected chi connectivity index (χ2v) is 15.4. The van der Waals surface area contributed by atoms with Gasteiger partial charge in [-0.3, -0.25) is 0 Å². The molecule has 0 fully saturated rings. The van der Waals surface area contributed by atoms with Gasteiger partial charge in [-0.2, -0.15) is 0 Å². The maximum atomic E-state index is 13.1. The summed E-state index contributed by atoms with van der Waals surface area (Å²) in [6.45, 7) is 20.7. The van der Waals surface area contributed by atoms with Crippen molar-refractivity contribution in [3.8, 4) is 0 Å². The quantitative estimate of drug-likeness (QED) is 0.133. The molecule has 0 aliphatic heterocycles. The van der Waals surface area contributed by atoms with E-state index in [0.717, 1.165) is 75.4 Å². The third-order valence-electron chi connectivity index (χ3n) is 7.87. The van der Waals surface area contributed by atoms with E-state index in [1.54, 1.807) is 19.9 Å². The number of hydrogen-bond acceptors (Lipinski definition) is 3. The van der Waals surface area contributed by atoms with E-state index in [0.29, 0.717) is 6.42 Å². The summed E-state index contributed by atoms with van der Waals surface area (Å²) in [5.74, 6) is 0. The van der Waals surface area contributed by atoms with Crippen LogP contribution in [0.1, 0.15) is 140 Å². The zero-order chi connectivity index (χ0) is 32.1. The minimum absolute atomic E-state index is 0.0455. The first-order valence-corrected chi connectivity index (χ1v) is 17.7. The van der Waals surface area contributed by atoms with Crippen LogP contribution in [-0.2, 0) is 9.84 Å². The molecule has 0 radical (unpaired) electrons. The van der Waals surface area contributed by atoms with Crippen LogP contribution in [0.2, 0.25) is 0 Å². The van der Waals surface area contributed by atoms with Crippen LogP contribution in [0.15, 0.2) is 81.5 Å². The number of sulfone groups is 1. The summed E-state index contributed by atoms with van der Waals surface area (Å²) in [5, 5.41) is 8.17. The van der Waals surface area contributed by atoms with Crippen molar-refractivity contribution in [1.29, 1.82) is 0 Å². The first-order chi connectivity index (χ1) is 19.7. The van der Waals surface area contributed by atoms with Gasteiger partial charge >= 0.3 is 0 Å². The molecule has 0 saturated carbocycles. The minimum atomic E-state index is -3.25. The molecule has 0 aromatic carbocycles. The Balaban J connectivity index is 4.85. The SMILES string of the molecule is CC(C)=CCCC(C)=CCCC(C)=CCC/C(C)=C/CC/C(C)=C/CC(C(C)=CCC/C(C)=C/CO)S(=O)(=O)C(C)C. The van der Waals surface area contributed by atoms with Crippen LogP contribution in [0.3, 0.4) is 0 Å². The van der Waals surface area contributed by atoms with Gasteiger partial charge in [0.2, 0.25) is 0 Å². The Hall–Kier alpha value is -1.91. The summed E-state index contributed by atoms with van der Waals surface area (Å²) in [6, 6.07) is 0. The smallest absolute Gasteiger partial charge is 0.159 e. The number of rotatable bonds is 21. The van der Waals surface area contributed by atoms with Gasteiger partial charge in [0, 0.05) is 0 Å². The lowest BCUT2D eigenvalue weighted by Crippen LogP contribution is -2.29. The van der Waals surface area contributed by atoms with Crippen molar-refractivity contribution < 1.29 is 13.5 Å². The van der Waals surface area contributed by atoms with Gasteiger partial charge < -0.3 is 5.11 Å². The maximum absolute atomic E-state index is 13.1. The second kappa shape index (κ2) is 22.6. The van der Waals surface area contributed by atoms with Crippen molar-refractivity contribution in [1.82, 2.24) is 0 Å². The van der Waals surface area contributed by atoms with E-state index in [4.69, 9.17) is 5.11 Å². The van der Waals surface area contributed by atoms with E-state index in [-0.39, 0.29) is 6.61 Å². The number of aliphatic hydroxyl groups is 1. The lowest BCUT2D eigenvalue weighted by Gasteiger charge is -2.20. The van der Waals surface area contributed by atoms with Gasteiger partial charge in [-0.15, -0.1) is 0 Å². The van der Waals surface area contributed by atoms with Gasteiger partial charge in [0.1, 0.15) is 0 Å². The Labute approximate surface area is 261 Å². The Morgan fingerprint density at radius 2 is 0.905 bits per heavy atom. The van der Waals surface area contributed by atoms with Crippen LogP contribution >= 0.6 is 0 Å². The second-order valence-electron chi connectivity index (χ2n) is 12.7. The van der Waals surface area contributed by atoms with Gasteiger partial charge in [-0.25, -0.2) is 8.42 Å². The first kappa shape index (κ1) is 40.1. The predicted octanol–water partition coefficient (Wildman–Crippen LogP) is 11.1. The summed E-state index contributed by atoms with van der Waals surface area (Å²) in [7, 11) is -3.25. The van der Waals surface area contributed by atoms with Crippen molar-refractivity contribution in [2.75, 3.05) is 6.61 Å². The van der Waals surface area contributed by atoms with Crippen molar-refractivity contribution in [3.05, 3.63) is 81.5 Å². The topological polar surface area (TPSA) is 54.4 Å². The number of aliphatic hydroxyl groups excluding tert-OH is 1. The van der Waals surface area contributed by atoms with Crippen molar-refractivity contribution >= 4 is 9.84 Å². The first-order valence-electron chi connectivity index (χ1n) is 16.1. The largest absolute Gasteiger partial charge is 0.392 e. The number of hydrogen-bond donors (Lipinski definition) is 1. The van der Waals surface area contributed by atoms with E-state index >= 15 is 0 Å². The molecule has 0 aromatic rings. The van der Waals surface area contributed by atoms with Gasteiger partial charge in [0.05, 0.1) is 17.1 Å². The molecule has 4 heteroatoms. The molecule has 1 atom stereocenters. The fourth-order valence-electron chi connectivity index (χ4n) is 4.77. The van der Waals surface area contributed by atoms with Crippen molar-refractivity contribution in [3.63, 3.8) is 0 Å². The molecule has 0 bridgehead atoms. The summed E-state index contributed by atoms with van der Waals surface area (Å²) in [6.07, 6.45) is 26.3. The van der Waals surface area contributed by atoms with Crippen LogP contribution in [0.4, 0.5) is 0 Å². The number of allylic oxidation sites excluding steroid dienone is 12. The Morgan fingerprint density at radius 1 is 0.548 bits per heavy atom. The summed E-state index contributed by atoms with van der Waals surface area (Å²) in [5.41, 5.74) is 9.08. The molecule has 0 spiro atoms. The van der Waals surface area contributed by atoms with Gasteiger partial charge in [0.15, 0.2) is 9.84 Å². The third-order valence-corrected chi connectivity index (χ3v) is 10.5. The van der Waals surface area contributed by atoms with E-state index < -0.39 is 20.3 Å². The zero-order valence-electron chi connectivity index (χ0n) is 28.9. The lowest BCUT2D eigenvalue weighted by molar-refractivity contribution is 0.341. The highest BCUT2D eigenvalue weighted by Gasteiger charge is 2.29. The molecular formula is C38H64O3S. The molecule has 0 rings (SSSR count). The fourth-order valence-corrected chi connectivity index (χ4v) is 6.40. The van der Waals surface area contributed by atoms with Gasteiger partial charge in [-0.05, 0) is 140 Å². The van der Waals surface area contributed by atoms with Crippen LogP contribution in [0, 0.1) is 0 Å². The Bertz CT molecular complexity index is 1100. The van der Waals surface area contributed by atoms with Crippen LogP contribution in [0.5, 0.6) is 0 Å². The molecule has 1 N–H and O–H groups in total. The van der Waals surface area contributed by atoms with E-state index in [1.807, 2.05) is 13.8 Å². The molecule has 3 nitrogen and oxygen atoms in total. The maximum Gasteiger partial charge on any atom is 0.159 e. The van der Waals surface area contributed by atoms with Gasteiger partial charge in [-0.1, -0.05) is 81.5 Å². The van der Waals surface area contributed by atoms with Crippen LogP contribution < -0.4 is 0 Å². The Morgan fingerprint density at radius 3 is 1.29 bits per heavy atom. The van der Waals surface area contributed by atoms with Crippen LogP contribution in [-0.4, -0.2) is 30.6 Å². The van der Waals surface area contributed by atoms with Crippen LogP contribution in [0.25, 0.3) is 0 Å². The summed E-state index contributed by atoms with van der Waals surface area (Å²) >= 11 is 0. The van der Waals surface area contributed by atoms with E-state index in [2.05, 4.69) is 78.0 Å². The molecule has 42 heavy (non-hydrogen) atoms. The Kier molecular flexibility index (Phi) is 21.6. The third kappa shape index (κ3) is 19.3. The molecular weight excluding hydrogens is 536 g/mol. The van der Waals surface area contributed by atoms with E-state index in [9.17, 15) is 8.42 Å². The van der Waals surface area contributed by atoms with Crippen molar-refractivity contribution in [2.45, 2.75) is 150 Å². The lowest BCUT2D eigenvalue weighted by atomic mass is 10.0. The summed E-state index contributed by atoms with van der Waals surface area (Å²) in [4.78, 5) is 0. The van der Waals surface area contributed by atoms with Gasteiger partial charge in [0.25, 0.3) is 0 Å². The zero-order valence-corrected chi connectivity index (χ0v) is 29.7. The molecule has 1 unspecified atom stereocenters. The average Bonchev–Trinajstić information content (AvgIpc) is 2.88. The highest BCUT2D eigenvalue weighted by Crippen LogP contribution is 2.24. The fraction of sp³-hybridized carbons (Fsp3) is 0.632. The molecule has 0 amide bonds. The standard InChI is InChI=1S/C38H64O3S/c1-30(2)16-11-17-32(5)18-12-19-33(6)20-13-21-34(7)22-14-23-35(8)26-27-38(42(40,41)31(3)4)37(10)25-15-24-36(9)28-29-39/h16,18,20,22,25-26,28,31,38-39H,11-15,17,19,21,23-24,27,29H2,1-10H3/b32-18?,33-20?,34-22+,35-26+,36-28+,37-25?. The predicted molar refractivity (Wildman–Crippen MR) is 188 cm³/mol. The molecule has 0 aliphatic rings. The average molecular weight is 601 g/mol. The summed E-state index contributed by atoms with van der Waals surface area (Å²) < 4.78 is 26.3. The molecule has 0 aromatic heterocycles. The molecule has 240 valence electrons. The molecule has 0 aliphatic carbocycles. The van der Waals surface area contributed by atoms with E-state index in [1.165, 1.54) is 27.9 Å². The normalized spacial score (nSPS) is 15.4. The minimum Gasteiger partial charge on any atom is -0.392 e. The molecule has 0 saturated heterocycles. The monoisotopic (exact) mass is 600 g/mol. The highest BCUT2D eigenvalue weighted by molar-refractivity contribution is 7.92. The molecule has 0 heterocycles. The van der Waals surface area contributed by atoms with Crippen molar-refractivity contribution in [2.24, 2.45) is 0 Å². The highest BCUT2D eigenvalue weighted by atomic mass is 32.2.